The third-order valence-electron chi connectivity index (χ3n) is 3.57. The number of hydrogen-bond donors (Lipinski definition) is 2. The van der Waals surface area contributed by atoms with Gasteiger partial charge in [0.25, 0.3) is 0 Å². The lowest BCUT2D eigenvalue weighted by Gasteiger charge is -2.43. The monoisotopic (exact) mass is 281 g/mol. The third-order valence-corrected chi connectivity index (χ3v) is 3.92. The summed E-state index contributed by atoms with van der Waals surface area (Å²) < 4.78 is 0. The second-order valence-corrected chi connectivity index (χ2v) is 5.68. The SMILES string of the molecule is CNCc1ccc(N2CCNC(=O)C2(C)C)cc1Cl. The van der Waals surface area contributed by atoms with Crippen LogP contribution >= 0.6 is 11.6 Å². The van der Waals surface area contributed by atoms with Crippen molar-refractivity contribution in [2.24, 2.45) is 0 Å². The lowest BCUT2D eigenvalue weighted by molar-refractivity contribution is -0.126. The number of amides is 1. The van der Waals surface area contributed by atoms with Crippen LogP contribution in [0.2, 0.25) is 5.02 Å². The van der Waals surface area contributed by atoms with Gasteiger partial charge in [-0.05, 0) is 38.6 Å². The Morgan fingerprint density at radius 1 is 1.47 bits per heavy atom. The van der Waals surface area contributed by atoms with Crippen LogP contribution in [-0.4, -0.2) is 31.6 Å². The van der Waals surface area contributed by atoms with Crippen molar-refractivity contribution in [2.45, 2.75) is 25.9 Å². The van der Waals surface area contributed by atoms with Crippen molar-refractivity contribution in [1.29, 1.82) is 0 Å². The first-order valence-electron chi connectivity index (χ1n) is 6.46. The highest BCUT2D eigenvalue weighted by molar-refractivity contribution is 6.31. The third kappa shape index (κ3) is 2.69. The fraction of sp³-hybridized carbons (Fsp3) is 0.500. The van der Waals surface area contributed by atoms with E-state index >= 15 is 0 Å². The molecule has 0 spiro atoms. The summed E-state index contributed by atoms with van der Waals surface area (Å²) in [5, 5.41) is 6.71. The molecule has 1 aromatic rings. The number of nitrogens with one attached hydrogen (secondary N) is 2. The molecule has 0 aliphatic carbocycles. The quantitative estimate of drug-likeness (QED) is 0.888. The van der Waals surface area contributed by atoms with Crippen LogP contribution in [-0.2, 0) is 11.3 Å². The molecule has 0 bridgehead atoms. The molecular weight excluding hydrogens is 262 g/mol. The Kier molecular flexibility index (Phi) is 4.02. The molecule has 4 nitrogen and oxygen atoms in total. The molecule has 0 unspecified atom stereocenters. The number of nitrogens with zero attached hydrogens (tertiary/aromatic N) is 1. The number of carbonyl (C=O) groups excluding carboxylic acids is 1. The molecule has 0 atom stereocenters. The summed E-state index contributed by atoms with van der Waals surface area (Å²) in [5.74, 6) is 0.0502. The largest absolute Gasteiger partial charge is 0.356 e. The second kappa shape index (κ2) is 5.39. The van der Waals surface area contributed by atoms with Crippen molar-refractivity contribution in [2.75, 3.05) is 25.0 Å². The Bertz CT molecular complexity index is 488. The minimum Gasteiger partial charge on any atom is -0.356 e. The average molecular weight is 282 g/mol. The first-order chi connectivity index (χ1) is 8.96. The zero-order chi connectivity index (χ0) is 14.0. The zero-order valence-electron chi connectivity index (χ0n) is 11.6. The number of benzene rings is 1. The van der Waals surface area contributed by atoms with E-state index in [0.717, 1.165) is 29.4 Å². The Morgan fingerprint density at radius 2 is 2.21 bits per heavy atom. The van der Waals surface area contributed by atoms with Gasteiger partial charge >= 0.3 is 0 Å². The lowest BCUT2D eigenvalue weighted by atomic mass is 9.97. The predicted molar refractivity (Wildman–Crippen MR) is 78.7 cm³/mol. The highest BCUT2D eigenvalue weighted by Crippen LogP contribution is 2.29. The van der Waals surface area contributed by atoms with E-state index in [1.54, 1.807) is 0 Å². The standard InChI is InChI=1S/C14H20ClN3O/c1-14(2)13(19)17-6-7-18(14)11-5-4-10(9-16-3)12(15)8-11/h4-5,8,16H,6-7,9H2,1-3H3,(H,17,19). The van der Waals surface area contributed by atoms with Gasteiger partial charge in [0.05, 0.1) is 0 Å². The number of anilines is 1. The van der Waals surface area contributed by atoms with E-state index in [9.17, 15) is 4.79 Å². The van der Waals surface area contributed by atoms with E-state index in [2.05, 4.69) is 15.5 Å². The molecule has 1 saturated heterocycles. The van der Waals surface area contributed by atoms with Gasteiger partial charge in [0.2, 0.25) is 5.91 Å². The molecule has 19 heavy (non-hydrogen) atoms. The number of piperazine rings is 1. The second-order valence-electron chi connectivity index (χ2n) is 5.27. The fourth-order valence-corrected chi connectivity index (χ4v) is 2.63. The topological polar surface area (TPSA) is 44.4 Å². The Hall–Kier alpha value is -1.26. The molecule has 5 heteroatoms. The van der Waals surface area contributed by atoms with Crippen LogP contribution in [0.5, 0.6) is 0 Å². The van der Waals surface area contributed by atoms with Crippen LogP contribution in [0.4, 0.5) is 5.69 Å². The van der Waals surface area contributed by atoms with E-state index in [4.69, 9.17) is 11.6 Å². The lowest BCUT2D eigenvalue weighted by Crippen LogP contribution is -2.62. The van der Waals surface area contributed by atoms with Crippen LogP contribution in [0.3, 0.4) is 0 Å². The normalized spacial score (nSPS) is 18.3. The van der Waals surface area contributed by atoms with E-state index in [-0.39, 0.29) is 5.91 Å². The van der Waals surface area contributed by atoms with Crippen molar-refractivity contribution in [3.05, 3.63) is 28.8 Å². The summed E-state index contributed by atoms with van der Waals surface area (Å²) in [6.45, 7) is 6.05. The van der Waals surface area contributed by atoms with Crippen LogP contribution in [0.25, 0.3) is 0 Å². The van der Waals surface area contributed by atoms with Crippen molar-refractivity contribution < 1.29 is 4.79 Å². The maximum atomic E-state index is 12.0. The van der Waals surface area contributed by atoms with Gasteiger partial charge < -0.3 is 15.5 Å². The van der Waals surface area contributed by atoms with Gasteiger partial charge in [-0.3, -0.25) is 4.79 Å². The Labute approximate surface area is 119 Å². The molecule has 0 saturated carbocycles. The molecule has 0 radical (unpaired) electrons. The summed E-state index contributed by atoms with van der Waals surface area (Å²) in [7, 11) is 1.89. The summed E-state index contributed by atoms with van der Waals surface area (Å²) in [6, 6.07) is 5.98. The van der Waals surface area contributed by atoms with E-state index < -0.39 is 5.54 Å². The van der Waals surface area contributed by atoms with E-state index in [1.807, 2.05) is 39.1 Å². The van der Waals surface area contributed by atoms with Crippen molar-refractivity contribution in [3.8, 4) is 0 Å². The molecule has 1 aromatic carbocycles. The minimum absolute atomic E-state index is 0.0502. The zero-order valence-corrected chi connectivity index (χ0v) is 12.3. The number of carbonyl (C=O) groups is 1. The van der Waals surface area contributed by atoms with Gasteiger partial charge in [0.15, 0.2) is 0 Å². The molecule has 2 N–H and O–H groups in total. The summed E-state index contributed by atoms with van der Waals surface area (Å²) in [5.41, 5.74) is 1.50. The predicted octanol–water partition coefficient (Wildman–Crippen LogP) is 1.77. The van der Waals surface area contributed by atoms with Crippen molar-refractivity contribution >= 4 is 23.2 Å². The molecule has 2 rings (SSSR count). The highest BCUT2D eigenvalue weighted by Gasteiger charge is 2.37. The Balaban J connectivity index is 2.31. The first-order valence-corrected chi connectivity index (χ1v) is 6.83. The van der Waals surface area contributed by atoms with Gasteiger partial charge in [-0.25, -0.2) is 0 Å². The minimum atomic E-state index is -0.550. The van der Waals surface area contributed by atoms with Crippen LogP contribution in [0.1, 0.15) is 19.4 Å². The van der Waals surface area contributed by atoms with Crippen molar-refractivity contribution in [1.82, 2.24) is 10.6 Å². The van der Waals surface area contributed by atoms with Gasteiger partial charge in [-0.2, -0.15) is 0 Å². The fourth-order valence-electron chi connectivity index (χ4n) is 2.39. The van der Waals surface area contributed by atoms with Gasteiger partial charge in [-0.1, -0.05) is 17.7 Å². The molecule has 1 heterocycles. The van der Waals surface area contributed by atoms with Crippen LogP contribution < -0.4 is 15.5 Å². The summed E-state index contributed by atoms with van der Waals surface area (Å²) >= 11 is 6.29. The average Bonchev–Trinajstić information content (AvgIpc) is 2.35. The molecule has 104 valence electrons. The molecular formula is C14H20ClN3O. The van der Waals surface area contributed by atoms with Crippen LogP contribution in [0, 0.1) is 0 Å². The van der Waals surface area contributed by atoms with Gasteiger partial charge in [0, 0.05) is 30.3 Å². The summed E-state index contributed by atoms with van der Waals surface area (Å²) in [4.78, 5) is 14.1. The maximum absolute atomic E-state index is 12.0. The highest BCUT2D eigenvalue weighted by atomic mass is 35.5. The van der Waals surface area contributed by atoms with Gasteiger partial charge in [0.1, 0.15) is 5.54 Å². The van der Waals surface area contributed by atoms with Gasteiger partial charge in [-0.15, -0.1) is 0 Å². The molecule has 1 aliphatic rings. The molecule has 0 aromatic heterocycles. The first kappa shape index (κ1) is 14.2. The molecule has 1 amide bonds. The van der Waals surface area contributed by atoms with E-state index in [1.165, 1.54) is 0 Å². The smallest absolute Gasteiger partial charge is 0.245 e. The molecule has 1 aliphatic heterocycles. The maximum Gasteiger partial charge on any atom is 0.245 e. The van der Waals surface area contributed by atoms with Crippen molar-refractivity contribution in [3.63, 3.8) is 0 Å². The van der Waals surface area contributed by atoms with Crippen LogP contribution in [0.15, 0.2) is 18.2 Å². The Morgan fingerprint density at radius 3 is 2.84 bits per heavy atom. The summed E-state index contributed by atoms with van der Waals surface area (Å²) in [6.07, 6.45) is 0. The molecule has 1 fully saturated rings. The number of hydrogen-bond acceptors (Lipinski definition) is 3. The number of halogens is 1. The van der Waals surface area contributed by atoms with E-state index in [0.29, 0.717) is 6.54 Å². The number of rotatable bonds is 3.